The lowest BCUT2D eigenvalue weighted by Crippen LogP contribution is -2.58. The van der Waals surface area contributed by atoms with Crippen LogP contribution in [0.3, 0.4) is 0 Å². The van der Waals surface area contributed by atoms with Crippen LogP contribution in [0.1, 0.15) is 48.0 Å². The Morgan fingerprint density at radius 1 is 1.00 bits per heavy atom. The quantitative estimate of drug-likeness (QED) is 0.751. The highest BCUT2D eigenvalue weighted by molar-refractivity contribution is 6.30. The Bertz CT molecular complexity index is 943. The van der Waals surface area contributed by atoms with E-state index in [1.807, 2.05) is 29.2 Å². The third kappa shape index (κ3) is 3.39. The number of carbonyl (C=O) groups excluding carboxylic acids is 2. The minimum atomic E-state index is -0.365. The van der Waals surface area contributed by atoms with E-state index in [-0.39, 0.29) is 23.3 Å². The van der Waals surface area contributed by atoms with Gasteiger partial charge in [-0.1, -0.05) is 23.7 Å². The summed E-state index contributed by atoms with van der Waals surface area (Å²) in [5.41, 5.74) is 1.41. The maximum atomic E-state index is 13.7. The molecule has 2 amide bonds. The fraction of sp³-hybridized carbons (Fsp3) is 0.458. The molecule has 0 spiro atoms. The second-order valence-electron chi connectivity index (χ2n) is 8.83. The Labute approximate surface area is 182 Å². The van der Waals surface area contributed by atoms with Crippen LogP contribution in [0.4, 0.5) is 0 Å². The van der Waals surface area contributed by atoms with Crippen LogP contribution in [-0.2, 0) is 10.2 Å². The van der Waals surface area contributed by atoms with Gasteiger partial charge in [0.1, 0.15) is 0 Å². The normalized spacial score (nSPS) is 24.8. The lowest BCUT2D eigenvalue weighted by Gasteiger charge is -2.48. The Morgan fingerprint density at radius 3 is 2.43 bits per heavy atom. The van der Waals surface area contributed by atoms with Crippen LogP contribution < -0.4 is 0 Å². The first-order valence-electron chi connectivity index (χ1n) is 10.8. The Hall–Kier alpha value is -2.40. The summed E-state index contributed by atoms with van der Waals surface area (Å²) in [5, 5.41) is 0.700. The van der Waals surface area contributed by atoms with Gasteiger partial charge in [-0.3, -0.25) is 14.6 Å². The predicted molar refractivity (Wildman–Crippen MR) is 115 cm³/mol. The van der Waals surface area contributed by atoms with Crippen LogP contribution in [0.15, 0.2) is 48.8 Å². The van der Waals surface area contributed by atoms with Crippen molar-refractivity contribution in [1.29, 1.82) is 0 Å². The van der Waals surface area contributed by atoms with Crippen LogP contribution in [-0.4, -0.2) is 52.3 Å². The largest absolute Gasteiger partial charge is 0.339 e. The van der Waals surface area contributed by atoms with E-state index >= 15 is 0 Å². The number of piperidine rings is 2. The molecule has 1 saturated carbocycles. The first-order valence-corrected chi connectivity index (χ1v) is 11.2. The van der Waals surface area contributed by atoms with Crippen molar-refractivity contribution in [1.82, 2.24) is 14.8 Å². The van der Waals surface area contributed by atoms with E-state index in [1.54, 1.807) is 24.5 Å². The number of hydrogen-bond donors (Lipinski definition) is 0. The van der Waals surface area contributed by atoms with Gasteiger partial charge < -0.3 is 9.80 Å². The monoisotopic (exact) mass is 423 g/mol. The van der Waals surface area contributed by atoms with Crippen molar-refractivity contribution in [2.45, 2.75) is 43.6 Å². The smallest absolute Gasteiger partial charge is 0.253 e. The molecule has 0 radical (unpaired) electrons. The third-order valence-electron chi connectivity index (χ3n) is 7.10. The second-order valence-corrected chi connectivity index (χ2v) is 9.27. The lowest BCUT2D eigenvalue weighted by molar-refractivity contribution is -0.140. The van der Waals surface area contributed by atoms with E-state index < -0.39 is 0 Å². The van der Waals surface area contributed by atoms with Crippen LogP contribution in [0.25, 0.3) is 0 Å². The van der Waals surface area contributed by atoms with Gasteiger partial charge in [0.2, 0.25) is 5.91 Å². The molecular weight excluding hydrogens is 398 g/mol. The van der Waals surface area contributed by atoms with E-state index in [0.29, 0.717) is 23.0 Å². The number of rotatable bonds is 3. The van der Waals surface area contributed by atoms with E-state index in [2.05, 4.69) is 9.88 Å². The highest BCUT2D eigenvalue weighted by Gasteiger charge is 2.55. The maximum Gasteiger partial charge on any atom is 0.253 e. The van der Waals surface area contributed by atoms with Gasteiger partial charge in [0, 0.05) is 48.7 Å². The minimum absolute atomic E-state index is 0.0686. The summed E-state index contributed by atoms with van der Waals surface area (Å²) in [6.07, 6.45) is 8.06. The van der Waals surface area contributed by atoms with E-state index in [1.165, 1.54) is 0 Å². The fourth-order valence-electron chi connectivity index (χ4n) is 5.31. The molecule has 2 atom stereocenters. The number of halogens is 1. The van der Waals surface area contributed by atoms with Crippen LogP contribution in [0.2, 0.25) is 5.02 Å². The van der Waals surface area contributed by atoms with Crippen molar-refractivity contribution < 1.29 is 9.59 Å². The average Bonchev–Trinajstić information content (AvgIpc) is 3.60. The fourth-order valence-corrected chi connectivity index (χ4v) is 5.44. The summed E-state index contributed by atoms with van der Waals surface area (Å²) in [7, 11) is 0. The Balaban J connectivity index is 1.31. The number of benzene rings is 1. The van der Waals surface area contributed by atoms with Crippen molar-refractivity contribution in [3.63, 3.8) is 0 Å². The molecule has 1 aromatic heterocycles. The molecule has 3 fully saturated rings. The molecule has 0 N–H and O–H groups in total. The van der Waals surface area contributed by atoms with Gasteiger partial charge in [-0.2, -0.15) is 0 Å². The SMILES string of the molecule is O=C(c1ccncc1)N1CC[C@@H]2[C@H](CCCN2C(=O)C2(c3ccc(Cl)cc3)CC2)C1. The van der Waals surface area contributed by atoms with Gasteiger partial charge in [-0.25, -0.2) is 0 Å². The molecule has 2 saturated heterocycles. The van der Waals surface area contributed by atoms with E-state index in [9.17, 15) is 9.59 Å². The summed E-state index contributed by atoms with van der Waals surface area (Å²) in [4.78, 5) is 34.6. The first-order chi connectivity index (χ1) is 14.6. The summed E-state index contributed by atoms with van der Waals surface area (Å²) in [6, 6.07) is 11.5. The topological polar surface area (TPSA) is 53.5 Å². The van der Waals surface area contributed by atoms with Gasteiger partial charge in [0.05, 0.1) is 5.41 Å². The van der Waals surface area contributed by atoms with Crippen molar-refractivity contribution in [2.75, 3.05) is 19.6 Å². The molecule has 3 aliphatic rings. The molecule has 30 heavy (non-hydrogen) atoms. The Kier molecular flexibility index (Phi) is 5.02. The summed E-state index contributed by atoms with van der Waals surface area (Å²) in [5.74, 6) is 0.691. The number of amides is 2. The van der Waals surface area contributed by atoms with Gasteiger partial charge in [0.15, 0.2) is 0 Å². The number of hydrogen-bond acceptors (Lipinski definition) is 3. The standard InChI is InChI=1S/C24H26ClN3O2/c25-20-5-3-19(4-6-20)24(10-11-24)23(30)28-14-1-2-18-16-27(15-9-21(18)28)22(29)17-7-12-26-13-8-17/h3-8,12-13,18,21H,1-2,9-11,14-16H2/t18-,21-/m1/s1. The van der Waals surface area contributed by atoms with Crippen molar-refractivity contribution in [3.05, 3.63) is 64.9 Å². The molecule has 156 valence electrons. The molecule has 5 rings (SSSR count). The van der Waals surface area contributed by atoms with Crippen molar-refractivity contribution >= 4 is 23.4 Å². The molecule has 1 aromatic carbocycles. The molecule has 0 bridgehead atoms. The van der Waals surface area contributed by atoms with Gasteiger partial charge in [-0.15, -0.1) is 0 Å². The first kappa shape index (κ1) is 19.6. The molecule has 2 aliphatic heterocycles. The molecule has 3 heterocycles. The molecule has 6 heteroatoms. The van der Waals surface area contributed by atoms with E-state index in [0.717, 1.165) is 50.8 Å². The van der Waals surface area contributed by atoms with Crippen molar-refractivity contribution in [2.24, 2.45) is 5.92 Å². The highest BCUT2D eigenvalue weighted by Crippen LogP contribution is 2.51. The zero-order valence-electron chi connectivity index (χ0n) is 17.0. The summed E-state index contributed by atoms with van der Waals surface area (Å²) >= 11 is 6.05. The van der Waals surface area contributed by atoms with Crippen LogP contribution in [0, 0.1) is 5.92 Å². The molecular formula is C24H26ClN3O2. The zero-order chi connectivity index (χ0) is 20.7. The number of pyridine rings is 1. The number of carbonyl (C=O) groups is 2. The number of aromatic nitrogens is 1. The van der Waals surface area contributed by atoms with Gasteiger partial charge in [-0.05, 0) is 67.9 Å². The number of likely N-dealkylation sites (tertiary alicyclic amines) is 2. The maximum absolute atomic E-state index is 13.7. The summed E-state index contributed by atoms with van der Waals surface area (Å²) < 4.78 is 0. The highest BCUT2D eigenvalue weighted by atomic mass is 35.5. The lowest BCUT2D eigenvalue weighted by atomic mass is 9.82. The van der Waals surface area contributed by atoms with Crippen LogP contribution in [0.5, 0.6) is 0 Å². The molecule has 0 unspecified atom stereocenters. The second kappa shape index (κ2) is 7.69. The van der Waals surface area contributed by atoms with Crippen molar-refractivity contribution in [3.8, 4) is 0 Å². The summed E-state index contributed by atoms with van der Waals surface area (Å²) in [6.45, 7) is 2.25. The zero-order valence-corrected chi connectivity index (χ0v) is 17.7. The van der Waals surface area contributed by atoms with Crippen LogP contribution >= 0.6 is 11.6 Å². The number of fused-ring (bicyclic) bond motifs is 1. The molecule has 1 aliphatic carbocycles. The van der Waals surface area contributed by atoms with E-state index in [4.69, 9.17) is 11.6 Å². The van der Waals surface area contributed by atoms with Gasteiger partial charge in [0.25, 0.3) is 5.91 Å². The average molecular weight is 424 g/mol. The molecule has 2 aromatic rings. The predicted octanol–water partition coefficient (Wildman–Crippen LogP) is 3.92. The minimum Gasteiger partial charge on any atom is -0.339 e. The number of nitrogens with zero attached hydrogens (tertiary/aromatic N) is 3. The Morgan fingerprint density at radius 2 is 1.73 bits per heavy atom. The molecule has 5 nitrogen and oxygen atoms in total. The van der Waals surface area contributed by atoms with Gasteiger partial charge >= 0.3 is 0 Å². The third-order valence-corrected chi connectivity index (χ3v) is 7.35.